The van der Waals surface area contributed by atoms with Gasteiger partial charge in [-0.1, -0.05) is 13.8 Å². The van der Waals surface area contributed by atoms with Crippen LogP contribution in [0.4, 0.5) is 0 Å². The Hall–Kier alpha value is -0.590. The van der Waals surface area contributed by atoms with Crippen LogP contribution in [0.1, 0.15) is 39.5 Å². The van der Waals surface area contributed by atoms with Crippen LogP contribution in [0, 0.1) is 17.2 Å². The van der Waals surface area contributed by atoms with E-state index in [-0.39, 0.29) is 0 Å². The van der Waals surface area contributed by atoms with Gasteiger partial charge < -0.3 is 10.6 Å². The molecule has 3 heteroatoms. The van der Waals surface area contributed by atoms with Crippen molar-refractivity contribution in [3.05, 3.63) is 0 Å². The molecule has 0 aromatic rings. The Balaban J connectivity index is 2.41. The van der Waals surface area contributed by atoms with Crippen LogP contribution in [-0.4, -0.2) is 30.1 Å². The second-order valence-electron chi connectivity index (χ2n) is 5.33. The van der Waals surface area contributed by atoms with Crippen LogP contribution >= 0.6 is 0 Å². The van der Waals surface area contributed by atoms with Crippen molar-refractivity contribution in [3.63, 3.8) is 0 Å². The smallest absolute Gasteiger partial charge is 0.104 e. The maximum atomic E-state index is 8.93. The average molecular weight is 209 g/mol. The predicted molar refractivity (Wildman–Crippen MR) is 62.3 cm³/mol. The lowest BCUT2D eigenvalue weighted by Gasteiger charge is -2.37. The number of nitrogens with two attached hydrogens (primary N) is 1. The SMILES string of the molecule is CC(C)CN(C)C1CCC(N)(C#N)CC1. The third kappa shape index (κ3) is 3.48. The van der Waals surface area contributed by atoms with Gasteiger partial charge in [-0.05, 0) is 38.6 Å². The van der Waals surface area contributed by atoms with Crippen LogP contribution in [-0.2, 0) is 0 Å². The molecule has 0 aromatic carbocycles. The molecule has 2 N–H and O–H groups in total. The van der Waals surface area contributed by atoms with Crippen molar-refractivity contribution < 1.29 is 0 Å². The van der Waals surface area contributed by atoms with Crippen LogP contribution in [0.5, 0.6) is 0 Å². The first-order chi connectivity index (χ1) is 6.97. The summed E-state index contributed by atoms with van der Waals surface area (Å²) in [6, 6.07) is 2.86. The summed E-state index contributed by atoms with van der Waals surface area (Å²) in [6.45, 7) is 5.61. The monoisotopic (exact) mass is 209 g/mol. The third-order valence-corrected chi connectivity index (χ3v) is 3.35. The molecule has 0 bridgehead atoms. The Kier molecular flexibility index (Phi) is 4.12. The van der Waals surface area contributed by atoms with Crippen molar-refractivity contribution in [2.45, 2.75) is 51.1 Å². The molecule has 0 radical (unpaired) electrons. The van der Waals surface area contributed by atoms with E-state index in [1.807, 2.05) is 0 Å². The van der Waals surface area contributed by atoms with E-state index in [9.17, 15) is 0 Å². The Morgan fingerprint density at radius 3 is 2.40 bits per heavy atom. The Morgan fingerprint density at radius 2 is 2.00 bits per heavy atom. The van der Waals surface area contributed by atoms with E-state index in [0.29, 0.717) is 12.0 Å². The van der Waals surface area contributed by atoms with Gasteiger partial charge in [0.25, 0.3) is 0 Å². The molecular formula is C12H23N3. The number of nitriles is 1. The Bertz CT molecular complexity index is 234. The molecule has 0 aliphatic heterocycles. The number of hydrogen-bond acceptors (Lipinski definition) is 3. The largest absolute Gasteiger partial charge is 0.313 e. The standard InChI is InChI=1S/C12H23N3/c1-10(2)8-15(3)11-4-6-12(14,9-13)7-5-11/h10-11H,4-8,14H2,1-3H3. The first kappa shape index (κ1) is 12.5. The van der Waals surface area contributed by atoms with Gasteiger partial charge >= 0.3 is 0 Å². The van der Waals surface area contributed by atoms with E-state index < -0.39 is 5.54 Å². The molecule has 1 saturated carbocycles. The summed E-state index contributed by atoms with van der Waals surface area (Å²) in [7, 11) is 2.18. The summed E-state index contributed by atoms with van der Waals surface area (Å²) in [5.41, 5.74) is 5.40. The highest BCUT2D eigenvalue weighted by atomic mass is 15.1. The highest BCUT2D eigenvalue weighted by Crippen LogP contribution is 2.28. The van der Waals surface area contributed by atoms with Crippen LogP contribution in [0.25, 0.3) is 0 Å². The van der Waals surface area contributed by atoms with Gasteiger partial charge in [0.2, 0.25) is 0 Å². The molecule has 0 atom stereocenters. The lowest BCUT2D eigenvalue weighted by atomic mass is 9.80. The quantitative estimate of drug-likeness (QED) is 0.770. The van der Waals surface area contributed by atoms with Crippen molar-refractivity contribution in [2.75, 3.05) is 13.6 Å². The van der Waals surface area contributed by atoms with Gasteiger partial charge in [-0.25, -0.2) is 0 Å². The molecule has 3 nitrogen and oxygen atoms in total. The molecule has 0 aromatic heterocycles. The minimum absolute atomic E-state index is 0.546. The fourth-order valence-corrected chi connectivity index (χ4v) is 2.40. The summed E-state index contributed by atoms with van der Waals surface area (Å²) in [4.78, 5) is 2.42. The van der Waals surface area contributed by atoms with E-state index in [4.69, 9.17) is 11.0 Å². The zero-order valence-corrected chi connectivity index (χ0v) is 10.2. The van der Waals surface area contributed by atoms with E-state index >= 15 is 0 Å². The number of nitrogens with zero attached hydrogens (tertiary/aromatic N) is 2. The first-order valence-electron chi connectivity index (χ1n) is 5.87. The van der Waals surface area contributed by atoms with E-state index in [2.05, 4.69) is 31.9 Å². The summed E-state index contributed by atoms with van der Waals surface area (Å²) in [5, 5.41) is 8.93. The van der Waals surface area contributed by atoms with Crippen LogP contribution in [0.15, 0.2) is 0 Å². The van der Waals surface area contributed by atoms with E-state index in [1.54, 1.807) is 0 Å². The molecule has 0 heterocycles. The van der Waals surface area contributed by atoms with Crippen LogP contribution in [0.2, 0.25) is 0 Å². The summed E-state index contributed by atoms with van der Waals surface area (Å²) < 4.78 is 0. The van der Waals surface area contributed by atoms with Crippen molar-refractivity contribution in [2.24, 2.45) is 11.7 Å². The molecule has 1 rings (SSSR count). The van der Waals surface area contributed by atoms with Gasteiger partial charge in [-0.15, -0.1) is 0 Å². The van der Waals surface area contributed by atoms with Crippen LogP contribution < -0.4 is 5.73 Å². The molecule has 1 fully saturated rings. The minimum atomic E-state index is -0.546. The van der Waals surface area contributed by atoms with E-state index in [0.717, 1.165) is 32.2 Å². The van der Waals surface area contributed by atoms with Gasteiger partial charge in [0.15, 0.2) is 0 Å². The zero-order valence-electron chi connectivity index (χ0n) is 10.2. The van der Waals surface area contributed by atoms with Gasteiger partial charge in [-0.2, -0.15) is 5.26 Å². The lowest BCUT2D eigenvalue weighted by Crippen LogP contribution is -2.47. The number of hydrogen-bond donors (Lipinski definition) is 1. The topological polar surface area (TPSA) is 53.0 Å². The molecule has 1 aliphatic rings. The highest BCUT2D eigenvalue weighted by Gasteiger charge is 2.32. The first-order valence-corrected chi connectivity index (χ1v) is 5.87. The summed E-state index contributed by atoms with van der Waals surface area (Å²) in [5.74, 6) is 0.704. The van der Waals surface area contributed by atoms with Gasteiger partial charge in [0, 0.05) is 12.6 Å². The maximum Gasteiger partial charge on any atom is 0.104 e. The molecule has 1 aliphatic carbocycles. The normalized spacial score (nSPS) is 31.9. The van der Waals surface area contributed by atoms with Crippen LogP contribution in [0.3, 0.4) is 0 Å². The Labute approximate surface area is 93.2 Å². The zero-order chi connectivity index (χ0) is 11.5. The van der Waals surface area contributed by atoms with Crippen molar-refractivity contribution >= 4 is 0 Å². The molecule has 0 saturated heterocycles. The summed E-state index contributed by atoms with van der Waals surface area (Å²) in [6.07, 6.45) is 3.81. The molecule has 15 heavy (non-hydrogen) atoms. The molecule has 0 unspecified atom stereocenters. The van der Waals surface area contributed by atoms with Crippen molar-refractivity contribution in [1.82, 2.24) is 4.90 Å². The van der Waals surface area contributed by atoms with Gasteiger partial charge in [-0.3, -0.25) is 0 Å². The van der Waals surface area contributed by atoms with Crippen molar-refractivity contribution in [3.8, 4) is 6.07 Å². The van der Waals surface area contributed by atoms with Gasteiger partial charge in [0.05, 0.1) is 6.07 Å². The van der Waals surface area contributed by atoms with Crippen molar-refractivity contribution in [1.29, 1.82) is 5.26 Å². The maximum absolute atomic E-state index is 8.93. The molecule has 86 valence electrons. The Morgan fingerprint density at radius 1 is 1.47 bits per heavy atom. The fourth-order valence-electron chi connectivity index (χ4n) is 2.40. The number of rotatable bonds is 3. The summed E-state index contributed by atoms with van der Waals surface area (Å²) >= 11 is 0. The molecule has 0 amide bonds. The highest BCUT2D eigenvalue weighted by molar-refractivity contribution is 5.07. The minimum Gasteiger partial charge on any atom is -0.313 e. The third-order valence-electron chi connectivity index (χ3n) is 3.35. The molecule has 0 spiro atoms. The second-order valence-corrected chi connectivity index (χ2v) is 5.33. The second kappa shape index (κ2) is 4.96. The lowest BCUT2D eigenvalue weighted by molar-refractivity contribution is 0.154. The van der Waals surface area contributed by atoms with Gasteiger partial charge in [0.1, 0.15) is 5.54 Å². The van der Waals surface area contributed by atoms with E-state index in [1.165, 1.54) is 0 Å². The average Bonchev–Trinajstić information content (AvgIpc) is 2.18. The molecular weight excluding hydrogens is 186 g/mol. The fraction of sp³-hybridized carbons (Fsp3) is 0.917. The predicted octanol–water partition coefficient (Wildman–Crippen LogP) is 1.74.